The van der Waals surface area contributed by atoms with Crippen molar-refractivity contribution in [3.63, 3.8) is 0 Å². The van der Waals surface area contributed by atoms with E-state index in [-0.39, 0.29) is 18.4 Å². The Morgan fingerprint density at radius 1 is 0.893 bits per heavy atom. The van der Waals surface area contributed by atoms with Gasteiger partial charge in [-0.25, -0.2) is 0 Å². The Morgan fingerprint density at radius 2 is 1.64 bits per heavy atom. The highest BCUT2D eigenvalue weighted by molar-refractivity contribution is 6.30. The summed E-state index contributed by atoms with van der Waals surface area (Å²) in [4.78, 5) is 24.1. The lowest BCUT2D eigenvalue weighted by Gasteiger charge is -2.09. The molecule has 0 aliphatic rings. The molecule has 0 atom stereocenters. The minimum Gasteiger partial charge on any atom is -0.484 e. The van der Waals surface area contributed by atoms with Crippen LogP contribution in [0.5, 0.6) is 5.75 Å². The monoisotopic (exact) mass is 394 g/mol. The molecule has 6 heteroatoms. The predicted octanol–water partition coefficient (Wildman–Crippen LogP) is 4.29. The Labute approximate surface area is 168 Å². The van der Waals surface area contributed by atoms with E-state index in [2.05, 4.69) is 10.6 Å². The van der Waals surface area contributed by atoms with E-state index in [9.17, 15) is 9.59 Å². The van der Waals surface area contributed by atoms with Crippen molar-refractivity contribution in [2.45, 2.75) is 6.54 Å². The fraction of sp³-hybridized carbons (Fsp3) is 0.0909. The lowest BCUT2D eigenvalue weighted by Crippen LogP contribution is -2.22. The van der Waals surface area contributed by atoms with Crippen LogP contribution in [0.1, 0.15) is 15.9 Å². The van der Waals surface area contributed by atoms with E-state index in [1.807, 2.05) is 30.3 Å². The molecule has 0 heterocycles. The average Bonchev–Trinajstić information content (AvgIpc) is 2.72. The van der Waals surface area contributed by atoms with Gasteiger partial charge in [-0.2, -0.15) is 0 Å². The summed E-state index contributed by atoms with van der Waals surface area (Å²) in [6.45, 7) is 0.313. The summed E-state index contributed by atoms with van der Waals surface area (Å²) in [5.74, 6) is 0.0295. The molecule has 0 unspecified atom stereocenters. The van der Waals surface area contributed by atoms with Crippen LogP contribution in [0.15, 0.2) is 78.9 Å². The quantitative estimate of drug-likeness (QED) is 0.628. The number of hydrogen-bond acceptors (Lipinski definition) is 3. The number of hydrogen-bond donors (Lipinski definition) is 2. The van der Waals surface area contributed by atoms with Crippen LogP contribution >= 0.6 is 11.6 Å². The van der Waals surface area contributed by atoms with Gasteiger partial charge in [0.15, 0.2) is 6.61 Å². The molecule has 2 amide bonds. The second-order valence-electron chi connectivity index (χ2n) is 6.04. The minimum atomic E-state index is -0.299. The highest BCUT2D eigenvalue weighted by Gasteiger charge is 2.07. The summed E-state index contributed by atoms with van der Waals surface area (Å²) in [5.41, 5.74) is 2.15. The number of rotatable bonds is 7. The molecule has 0 aliphatic heterocycles. The third-order valence-corrected chi connectivity index (χ3v) is 4.13. The molecule has 142 valence electrons. The zero-order chi connectivity index (χ0) is 19.8. The van der Waals surface area contributed by atoms with Gasteiger partial charge in [-0.1, -0.05) is 48.0 Å². The molecule has 3 aromatic rings. The summed E-state index contributed by atoms with van der Waals surface area (Å²) in [6.07, 6.45) is 0. The maximum absolute atomic E-state index is 12.2. The minimum absolute atomic E-state index is 0.147. The Morgan fingerprint density at radius 3 is 2.36 bits per heavy atom. The molecule has 0 saturated heterocycles. The van der Waals surface area contributed by atoms with Crippen molar-refractivity contribution in [1.29, 1.82) is 0 Å². The number of halogens is 1. The van der Waals surface area contributed by atoms with E-state index in [4.69, 9.17) is 16.3 Å². The molecule has 0 spiro atoms. The van der Waals surface area contributed by atoms with Crippen LogP contribution in [-0.2, 0) is 11.3 Å². The van der Waals surface area contributed by atoms with Crippen LogP contribution in [-0.4, -0.2) is 18.4 Å². The highest BCUT2D eigenvalue weighted by Crippen LogP contribution is 2.15. The molecule has 3 rings (SSSR count). The number of amides is 2. The maximum atomic E-state index is 12.2. The van der Waals surface area contributed by atoms with Crippen molar-refractivity contribution in [3.8, 4) is 5.75 Å². The number of anilines is 1. The van der Waals surface area contributed by atoms with Crippen molar-refractivity contribution in [3.05, 3.63) is 95.0 Å². The molecule has 0 fully saturated rings. The van der Waals surface area contributed by atoms with Crippen LogP contribution < -0.4 is 15.4 Å². The normalized spacial score (nSPS) is 10.2. The van der Waals surface area contributed by atoms with Gasteiger partial charge in [-0.05, 0) is 48.0 Å². The van der Waals surface area contributed by atoms with Crippen molar-refractivity contribution in [2.24, 2.45) is 0 Å². The average molecular weight is 395 g/mol. The third-order valence-electron chi connectivity index (χ3n) is 3.89. The molecule has 0 aliphatic carbocycles. The fourth-order valence-electron chi connectivity index (χ4n) is 2.49. The van der Waals surface area contributed by atoms with Gasteiger partial charge in [-0.15, -0.1) is 0 Å². The van der Waals surface area contributed by atoms with E-state index >= 15 is 0 Å². The molecule has 5 nitrogen and oxygen atoms in total. The van der Waals surface area contributed by atoms with E-state index < -0.39 is 0 Å². The first-order chi connectivity index (χ1) is 13.6. The first-order valence-corrected chi connectivity index (χ1v) is 9.08. The molecule has 3 aromatic carbocycles. The first-order valence-electron chi connectivity index (χ1n) is 8.70. The first kappa shape index (κ1) is 19.5. The van der Waals surface area contributed by atoms with Crippen LogP contribution in [0.4, 0.5) is 5.69 Å². The van der Waals surface area contributed by atoms with Crippen LogP contribution in [0.25, 0.3) is 0 Å². The Balaban J connectivity index is 1.47. The lowest BCUT2D eigenvalue weighted by molar-refractivity contribution is -0.118. The highest BCUT2D eigenvalue weighted by atomic mass is 35.5. The molecule has 0 aromatic heterocycles. The SMILES string of the molecule is O=C(COc1ccc(C(=O)NCc2ccccc2)cc1)Nc1cccc(Cl)c1. The number of ether oxygens (including phenoxy) is 1. The molecule has 28 heavy (non-hydrogen) atoms. The lowest BCUT2D eigenvalue weighted by atomic mass is 10.2. The maximum Gasteiger partial charge on any atom is 0.262 e. The predicted molar refractivity (Wildman–Crippen MR) is 110 cm³/mol. The van der Waals surface area contributed by atoms with Gasteiger partial charge in [0.2, 0.25) is 0 Å². The summed E-state index contributed by atoms with van der Waals surface area (Å²) in [5, 5.41) is 6.11. The van der Waals surface area contributed by atoms with Crippen molar-refractivity contribution < 1.29 is 14.3 Å². The zero-order valence-corrected chi connectivity index (χ0v) is 15.8. The van der Waals surface area contributed by atoms with Crippen molar-refractivity contribution in [2.75, 3.05) is 11.9 Å². The topological polar surface area (TPSA) is 67.4 Å². The second-order valence-corrected chi connectivity index (χ2v) is 6.48. The zero-order valence-electron chi connectivity index (χ0n) is 15.0. The van der Waals surface area contributed by atoms with E-state index in [0.29, 0.717) is 28.6 Å². The summed E-state index contributed by atoms with van der Waals surface area (Å²) < 4.78 is 5.46. The number of nitrogens with one attached hydrogen (secondary N) is 2. The molecular weight excluding hydrogens is 376 g/mol. The van der Waals surface area contributed by atoms with Crippen LogP contribution in [0.3, 0.4) is 0 Å². The van der Waals surface area contributed by atoms with E-state index in [1.54, 1.807) is 48.5 Å². The van der Waals surface area contributed by atoms with Gasteiger partial charge in [0.1, 0.15) is 5.75 Å². The molecule has 2 N–H and O–H groups in total. The summed E-state index contributed by atoms with van der Waals surface area (Å²) >= 11 is 5.88. The van der Waals surface area contributed by atoms with E-state index in [0.717, 1.165) is 5.56 Å². The second kappa shape index (κ2) is 9.58. The standard InChI is InChI=1S/C22H19ClN2O3/c23-18-7-4-8-19(13-18)25-21(26)15-28-20-11-9-17(10-12-20)22(27)24-14-16-5-2-1-3-6-16/h1-13H,14-15H2,(H,24,27)(H,25,26). The van der Waals surface area contributed by atoms with Crippen molar-refractivity contribution in [1.82, 2.24) is 5.32 Å². The Hall–Kier alpha value is -3.31. The Kier molecular flexibility index (Phi) is 6.65. The molecule has 0 bridgehead atoms. The Bertz CT molecular complexity index is 944. The summed E-state index contributed by atoms with van der Waals surface area (Å²) in [6, 6.07) is 23.2. The number of benzene rings is 3. The fourth-order valence-corrected chi connectivity index (χ4v) is 2.69. The van der Waals surface area contributed by atoms with Gasteiger partial charge in [0, 0.05) is 22.8 Å². The molecule has 0 saturated carbocycles. The summed E-state index contributed by atoms with van der Waals surface area (Å²) in [7, 11) is 0. The third kappa shape index (κ3) is 5.86. The molecule has 0 radical (unpaired) electrons. The van der Waals surface area contributed by atoms with Gasteiger partial charge >= 0.3 is 0 Å². The van der Waals surface area contributed by atoms with Gasteiger partial charge in [-0.3, -0.25) is 9.59 Å². The van der Waals surface area contributed by atoms with Crippen molar-refractivity contribution >= 4 is 29.1 Å². The van der Waals surface area contributed by atoms with Gasteiger partial charge in [0.25, 0.3) is 11.8 Å². The number of carbonyl (C=O) groups excluding carboxylic acids is 2. The van der Waals surface area contributed by atoms with Crippen LogP contribution in [0, 0.1) is 0 Å². The molecular formula is C22H19ClN2O3. The van der Waals surface area contributed by atoms with E-state index in [1.165, 1.54) is 0 Å². The van der Waals surface area contributed by atoms with Crippen LogP contribution in [0.2, 0.25) is 5.02 Å². The number of carbonyl (C=O) groups is 2. The van der Waals surface area contributed by atoms with Gasteiger partial charge in [0.05, 0.1) is 0 Å². The van der Waals surface area contributed by atoms with Gasteiger partial charge < -0.3 is 15.4 Å². The smallest absolute Gasteiger partial charge is 0.262 e. The largest absolute Gasteiger partial charge is 0.484 e.